The van der Waals surface area contributed by atoms with Crippen molar-refractivity contribution in [3.8, 4) is 5.75 Å². The molecule has 1 amide bonds. The quantitative estimate of drug-likeness (QED) is 0.768. The summed E-state index contributed by atoms with van der Waals surface area (Å²) >= 11 is 0. The zero-order valence-electron chi connectivity index (χ0n) is 13.0. The Morgan fingerprint density at radius 3 is 2.90 bits per heavy atom. The van der Waals surface area contributed by atoms with Crippen LogP contribution in [0.25, 0.3) is 0 Å². The summed E-state index contributed by atoms with van der Waals surface area (Å²) < 4.78 is 5.51. The first kappa shape index (κ1) is 15.8. The number of aryl methyl sites for hydroxylation is 1. The van der Waals surface area contributed by atoms with Crippen LogP contribution >= 0.6 is 0 Å². The van der Waals surface area contributed by atoms with E-state index in [1.54, 1.807) is 11.9 Å². The average molecular weight is 291 g/mol. The SMILES string of the molecule is CN(CCN)CCCCc1ccc2c(c1)OCC(=O)N2C. The molecule has 0 aromatic heterocycles. The molecule has 1 heterocycles. The number of fused-ring (bicyclic) bond motifs is 1. The second kappa shape index (κ2) is 7.43. The number of nitrogens with zero attached hydrogens (tertiary/aromatic N) is 2. The van der Waals surface area contributed by atoms with Gasteiger partial charge in [0.05, 0.1) is 5.69 Å². The van der Waals surface area contributed by atoms with Gasteiger partial charge in [0.25, 0.3) is 5.91 Å². The van der Waals surface area contributed by atoms with Gasteiger partial charge in [0.15, 0.2) is 6.61 Å². The van der Waals surface area contributed by atoms with Gasteiger partial charge in [0.1, 0.15) is 5.75 Å². The number of rotatable bonds is 7. The molecule has 0 aliphatic carbocycles. The summed E-state index contributed by atoms with van der Waals surface area (Å²) in [5.74, 6) is 0.813. The molecule has 1 aliphatic heterocycles. The van der Waals surface area contributed by atoms with Gasteiger partial charge in [0.2, 0.25) is 0 Å². The third-order valence-corrected chi connectivity index (χ3v) is 3.88. The summed E-state index contributed by atoms with van der Waals surface area (Å²) in [5, 5.41) is 0. The zero-order valence-corrected chi connectivity index (χ0v) is 13.0. The molecule has 1 aromatic carbocycles. The lowest BCUT2D eigenvalue weighted by Gasteiger charge is -2.26. The molecule has 21 heavy (non-hydrogen) atoms. The largest absolute Gasteiger partial charge is 0.482 e. The molecular weight excluding hydrogens is 266 g/mol. The topological polar surface area (TPSA) is 58.8 Å². The fourth-order valence-corrected chi connectivity index (χ4v) is 2.52. The van der Waals surface area contributed by atoms with Crippen LogP contribution in [0.1, 0.15) is 18.4 Å². The minimum Gasteiger partial charge on any atom is -0.482 e. The minimum atomic E-state index is -0.00168. The fraction of sp³-hybridized carbons (Fsp3) is 0.562. The number of ether oxygens (including phenoxy) is 1. The summed E-state index contributed by atoms with van der Waals surface area (Å²) in [6.45, 7) is 2.88. The maximum absolute atomic E-state index is 11.6. The molecule has 1 aliphatic rings. The highest BCUT2D eigenvalue weighted by Crippen LogP contribution is 2.32. The van der Waals surface area contributed by atoms with Crippen molar-refractivity contribution >= 4 is 11.6 Å². The molecule has 0 bridgehead atoms. The number of amides is 1. The molecule has 2 N–H and O–H groups in total. The standard InChI is InChI=1S/C16H25N3O2/c1-18(10-8-17)9-4-3-5-13-6-7-14-15(11-13)21-12-16(20)19(14)2/h6-7,11H,3-5,8-10,12,17H2,1-2H3. The number of benzene rings is 1. The first-order chi connectivity index (χ1) is 10.1. The first-order valence-corrected chi connectivity index (χ1v) is 7.52. The van der Waals surface area contributed by atoms with Crippen LogP contribution in [-0.4, -0.2) is 51.1 Å². The van der Waals surface area contributed by atoms with Gasteiger partial charge in [0, 0.05) is 20.1 Å². The highest BCUT2D eigenvalue weighted by Gasteiger charge is 2.21. The Morgan fingerprint density at radius 1 is 1.33 bits per heavy atom. The van der Waals surface area contributed by atoms with Gasteiger partial charge >= 0.3 is 0 Å². The van der Waals surface area contributed by atoms with Crippen molar-refractivity contribution < 1.29 is 9.53 Å². The van der Waals surface area contributed by atoms with Crippen molar-refractivity contribution in [3.63, 3.8) is 0 Å². The third kappa shape index (κ3) is 4.19. The van der Waals surface area contributed by atoms with E-state index in [2.05, 4.69) is 24.1 Å². The second-order valence-corrected chi connectivity index (χ2v) is 5.59. The van der Waals surface area contributed by atoms with Crippen LogP contribution in [0.3, 0.4) is 0 Å². The Balaban J connectivity index is 1.84. The van der Waals surface area contributed by atoms with E-state index >= 15 is 0 Å². The zero-order chi connectivity index (χ0) is 15.2. The Labute approximate surface area is 126 Å². The van der Waals surface area contributed by atoms with E-state index in [1.807, 2.05) is 6.07 Å². The van der Waals surface area contributed by atoms with Gasteiger partial charge in [-0.15, -0.1) is 0 Å². The average Bonchev–Trinajstić information content (AvgIpc) is 2.48. The van der Waals surface area contributed by atoms with Crippen LogP contribution < -0.4 is 15.4 Å². The molecule has 0 saturated carbocycles. The molecule has 0 unspecified atom stereocenters. The minimum absolute atomic E-state index is 0.00168. The van der Waals surface area contributed by atoms with Crippen molar-refractivity contribution in [2.45, 2.75) is 19.3 Å². The van der Waals surface area contributed by atoms with Gasteiger partial charge in [-0.05, 0) is 50.6 Å². The second-order valence-electron chi connectivity index (χ2n) is 5.59. The predicted molar refractivity (Wildman–Crippen MR) is 84.8 cm³/mol. The molecule has 0 atom stereocenters. The maximum atomic E-state index is 11.6. The van der Waals surface area contributed by atoms with Crippen molar-refractivity contribution in [1.29, 1.82) is 0 Å². The lowest BCUT2D eigenvalue weighted by atomic mass is 10.1. The molecule has 0 radical (unpaired) electrons. The van der Waals surface area contributed by atoms with Crippen LogP contribution in [0.4, 0.5) is 5.69 Å². The van der Waals surface area contributed by atoms with E-state index in [1.165, 1.54) is 5.56 Å². The molecule has 0 spiro atoms. The summed E-state index contributed by atoms with van der Waals surface area (Å²) in [5.41, 5.74) is 7.65. The van der Waals surface area contributed by atoms with Crippen LogP contribution in [0, 0.1) is 0 Å². The highest BCUT2D eigenvalue weighted by molar-refractivity contribution is 5.97. The highest BCUT2D eigenvalue weighted by atomic mass is 16.5. The van der Waals surface area contributed by atoms with Crippen LogP contribution in [0.15, 0.2) is 18.2 Å². The van der Waals surface area contributed by atoms with Gasteiger partial charge in [-0.25, -0.2) is 0 Å². The first-order valence-electron chi connectivity index (χ1n) is 7.52. The van der Waals surface area contributed by atoms with Crippen molar-refractivity contribution in [2.75, 3.05) is 45.2 Å². The molecule has 116 valence electrons. The number of hydrogen-bond donors (Lipinski definition) is 1. The van der Waals surface area contributed by atoms with Crippen molar-refractivity contribution in [1.82, 2.24) is 4.90 Å². The van der Waals surface area contributed by atoms with Crippen molar-refractivity contribution in [3.05, 3.63) is 23.8 Å². The Kier molecular flexibility index (Phi) is 5.59. The number of hydrogen-bond acceptors (Lipinski definition) is 4. The Hall–Kier alpha value is -1.59. The predicted octanol–water partition coefficient (Wildman–Crippen LogP) is 1.25. The Bertz CT molecular complexity index is 490. The lowest BCUT2D eigenvalue weighted by Crippen LogP contribution is -2.35. The molecule has 1 aromatic rings. The molecule has 5 nitrogen and oxygen atoms in total. The molecule has 5 heteroatoms. The number of carbonyl (C=O) groups is 1. The monoisotopic (exact) mass is 291 g/mol. The van der Waals surface area contributed by atoms with Crippen molar-refractivity contribution in [2.24, 2.45) is 5.73 Å². The number of likely N-dealkylation sites (N-methyl/N-ethyl adjacent to an activating group) is 2. The fourth-order valence-electron chi connectivity index (χ4n) is 2.52. The summed E-state index contributed by atoms with van der Waals surface area (Å²) in [6.07, 6.45) is 3.33. The van der Waals surface area contributed by atoms with E-state index in [4.69, 9.17) is 10.5 Å². The van der Waals surface area contributed by atoms with E-state index in [-0.39, 0.29) is 12.5 Å². The van der Waals surface area contributed by atoms with E-state index in [0.29, 0.717) is 6.54 Å². The van der Waals surface area contributed by atoms with Crippen LogP contribution in [0.5, 0.6) is 5.75 Å². The number of anilines is 1. The Morgan fingerprint density at radius 2 is 2.14 bits per heavy atom. The molecule has 2 rings (SSSR count). The molecular formula is C16H25N3O2. The summed E-state index contributed by atoms with van der Waals surface area (Å²) in [7, 11) is 3.89. The molecule has 0 saturated heterocycles. The molecule has 0 fully saturated rings. The normalized spacial score (nSPS) is 14.3. The van der Waals surface area contributed by atoms with E-state index in [9.17, 15) is 4.79 Å². The lowest BCUT2D eigenvalue weighted by molar-refractivity contribution is -0.120. The van der Waals surface area contributed by atoms with Crippen LogP contribution in [0.2, 0.25) is 0 Å². The van der Waals surface area contributed by atoms with Gasteiger partial charge in [-0.2, -0.15) is 0 Å². The number of unbranched alkanes of at least 4 members (excludes halogenated alkanes) is 1. The van der Waals surface area contributed by atoms with Gasteiger partial charge in [-0.1, -0.05) is 6.07 Å². The smallest absolute Gasteiger partial charge is 0.264 e. The third-order valence-electron chi connectivity index (χ3n) is 3.88. The van der Waals surface area contributed by atoms with E-state index < -0.39 is 0 Å². The van der Waals surface area contributed by atoms with Crippen LogP contribution in [-0.2, 0) is 11.2 Å². The summed E-state index contributed by atoms with van der Waals surface area (Å²) in [6, 6.07) is 6.12. The summed E-state index contributed by atoms with van der Waals surface area (Å²) in [4.78, 5) is 15.5. The number of carbonyl (C=O) groups excluding carboxylic acids is 1. The van der Waals surface area contributed by atoms with Gasteiger partial charge in [-0.3, -0.25) is 4.79 Å². The maximum Gasteiger partial charge on any atom is 0.264 e. The number of nitrogens with two attached hydrogens (primary N) is 1. The van der Waals surface area contributed by atoms with E-state index in [0.717, 1.165) is 43.8 Å². The van der Waals surface area contributed by atoms with Gasteiger partial charge < -0.3 is 20.3 Å².